The molecule has 1 aromatic heterocycles. The first kappa shape index (κ1) is 22.7. The Morgan fingerprint density at radius 3 is 2.62 bits per heavy atom. The number of fused-ring (bicyclic) bond motifs is 1. The SMILES string of the molecule is Cc1c(N2CCN(C)CC2)ccc(Nc2ncc(Cl)c(Nc3cccc4c3C(=O)NC4)n2)c1Cl. The molecule has 2 aliphatic heterocycles. The molecule has 0 unspecified atom stereocenters. The zero-order chi connectivity index (χ0) is 23.8. The van der Waals surface area contributed by atoms with Crippen LogP contribution < -0.4 is 20.9 Å². The van der Waals surface area contributed by atoms with Gasteiger partial charge in [-0.25, -0.2) is 4.98 Å². The van der Waals surface area contributed by atoms with Crippen LogP contribution in [0.3, 0.4) is 0 Å². The molecule has 3 aromatic rings. The molecular formula is C24H25Cl2N7O. The predicted octanol–water partition coefficient (Wildman–Crippen LogP) is 4.57. The van der Waals surface area contributed by atoms with Crippen LogP contribution in [0.25, 0.3) is 0 Å². The summed E-state index contributed by atoms with van der Waals surface area (Å²) in [6, 6.07) is 9.66. The molecule has 1 saturated heterocycles. The lowest BCUT2D eigenvalue weighted by Gasteiger charge is -2.35. The number of rotatable bonds is 5. The van der Waals surface area contributed by atoms with Gasteiger partial charge < -0.3 is 25.8 Å². The van der Waals surface area contributed by atoms with Gasteiger partial charge in [-0.15, -0.1) is 0 Å². The van der Waals surface area contributed by atoms with E-state index in [4.69, 9.17) is 23.2 Å². The lowest BCUT2D eigenvalue weighted by Crippen LogP contribution is -2.44. The van der Waals surface area contributed by atoms with Crippen LogP contribution in [0.1, 0.15) is 21.5 Å². The first-order valence-corrected chi connectivity index (χ1v) is 11.9. The van der Waals surface area contributed by atoms with Crippen molar-refractivity contribution in [2.75, 3.05) is 48.8 Å². The van der Waals surface area contributed by atoms with Crippen LogP contribution in [0.4, 0.5) is 28.8 Å². The van der Waals surface area contributed by atoms with Crippen LogP contribution in [-0.2, 0) is 6.54 Å². The molecule has 0 spiro atoms. The van der Waals surface area contributed by atoms with Gasteiger partial charge >= 0.3 is 0 Å². The first-order valence-electron chi connectivity index (χ1n) is 11.1. The molecular weight excluding hydrogens is 473 g/mol. The van der Waals surface area contributed by atoms with E-state index in [-0.39, 0.29) is 5.91 Å². The molecule has 0 saturated carbocycles. The second kappa shape index (κ2) is 9.29. The van der Waals surface area contributed by atoms with E-state index in [0.717, 1.165) is 43.0 Å². The topological polar surface area (TPSA) is 85.4 Å². The molecule has 3 N–H and O–H groups in total. The molecule has 0 bridgehead atoms. The quantitative estimate of drug-likeness (QED) is 0.475. The fourth-order valence-corrected chi connectivity index (χ4v) is 4.65. The number of benzene rings is 2. The third-order valence-electron chi connectivity index (χ3n) is 6.26. The number of hydrogen-bond acceptors (Lipinski definition) is 7. The van der Waals surface area contributed by atoms with Crippen molar-refractivity contribution in [1.82, 2.24) is 20.2 Å². The number of anilines is 5. The van der Waals surface area contributed by atoms with Gasteiger partial charge in [0.25, 0.3) is 5.91 Å². The average Bonchev–Trinajstić information content (AvgIpc) is 3.22. The summed E-state index contributed by atoms with van der Waals surface area (Å²) in [7, 11) is 2.14. The Bertz CT molecular complexity index is 1260. The summed E-state index contributed by atoms with van der Waals surface area (Å²) in [6.07, 6.45) is 1.52. The molecule has 3 heterocycles. The third-order valence-corrected chi connectivity index (χ3v) is 7.03. The Morgan fingerprint density at radius 1 is 1.03 bits per heavy atom. The lowest BCUT2D eigenvalue weighted by atomic mass is 10.1. The normalized spacial score (nSPS) is 15.8. The van der Waals surface area contributed by atoms with E-state index >= 15 is 0 Å². The second-order valence-corrected chi connectivity index (χ2v) is 9.31. The molecule has 1 fully saturated rings. The number of carbonyl (C=O) groups excluding carboxylic acids is 1. The monoisotopic (exact) mass is 497 g/mol. The highest BCUT2D eigenvalue weighted by Gasteiger charge is 2.23. The lowest BCUT2D eigenvalue weighted by molar-refractivity contribution is 0.0966. The number of nitrogens with one attached hydrogen (secondary N) is 3. The molecule has 10 heteroatoms. The largest absolute Gasteiger partial charge is 0.369 e. The summed E-state index contributed by atoms with van der Waals surface area (Å²) >= 11 is 13.1. The summed E-state index contributed by atoms with van der Waals surface area (Å²) in [6.45, 7) is 6.53. The Kier molecular flexibility index (Phi) is 6.20. The van der Waals surface area contributed by atoms with Crippen LogP contribution in [-0.4, -0.2) is 54.0 Å². The Morgan fingerprint density at radius 2 is 1.82 bits per heavy atom. The highest BCUT2D eigenvalue weighted by Crippen LogP contribution is 2.35. The van der Waals surface area contributed by atoms with Crippen molar-refractivity contribution in [2.24, 2.45) is 0 Å². The Hall–Kier alpha value is -3.07. The van der Waals surface area contributed by atoms with Gasteiger partial charge in [-0.1, -0.05) is 35.3 Å². The van der Waals surface area contributed by atoms with E-state index in [1.165, 1.54) is 6.20 Å². The van der Waals surface area contributed by atoms with Crippen LogP contribution in [0.5, 0.6) is 0 Å². The molecule has 0 aliphatic carbocycles. The van der Waals surface area contributed by atoms with Gasteiger partial charge in [0.2, 0.25) is 5.95 Å². The minimum atomic E-state index is -0.121. The number of nitrogens with zero attached hydrogens (tertiary/aromatic N) is 4. The van der Waals surface area contributed by atoms with E-state index in [2.05, 4.69) is 48.8 Å². The molecule has 0 atom stereocenters. The molecule has 2 aromatic carbocycles. The van der Waals surface area contributed by atoms with Gasteiger partial charge in [0.05, 0.1) is 28.2 Å². The summed E-state index contributed by atoms with van der Waals surface area (Å²) in [4.78, 5) is 25.8. The van der Waals surface area contributed by atoms with Gasteiger partial charge in [-0.05, 0) is 43.3 Å². The average molecular weight is 498 g/mol. The van der Waals surface area contributed by atoms with Gasteiger partial charge in [0.15, 0.2) is 5.82 Å². The minimum absolute atomic E-state index is 0.121. The zero-order valence-electron chi connectivity index (χ0n) is 19.0. The molecule has 34 heavy (non-hydrogen) atoms. The third kappa shape index (κ3) is 4.36. The number of likely N-dealkylation sites (N-methyl/N-ethyl adjacent to an activating group) is 1. The number of aromatic nitrogens is 2. The molecule has 5 rings (SSSR count). The van der Waals surface area contributed by atoms with Crippen molar-refractivity contribution in [1.29, 1.82) is 0 Å². The van der Waals surface area contributed by atoms with Gasteiger partial charge in [0, 0.05) is 38.4 Å². The van der Waals surface area contributed by atoms with Crippen molar-refractivity contribution in [3.05, 3.63) is 63.3 Å². The summed E-state index contributed by atoms with van der Waals surface area (Å²) in [5.74, 6) is 0.621. The van der Waals surface area contributed by atoms with Crippen molar-refractivity contribution in [2.45, 2.75) is 13.5 Å². The van der Waals surface area contributed by atoms with Gasteiger partial charge in [-0.3, -0.25) is 4.79 Å². The van der Waals surface area contributed by atoms with Gasteiger partial charge in [0.1, 0.15) is 5.02 Å². The summed E-state index contributed by atoms with van der Waals surface area (Å²) in [5.41, 5.74) is 5.04. The second-order valence-electron chi connectivity index (χ2n) is 8.52. The Balaban J connectivity index is 1.38. The van der Waals surface area contributed by atoms with E-state index in [9.17, 15) is 4.79 Å². The fraction of sp³-hybridized carbons (Fsp3) is 0.292. The molecule has 176 valence electrons. The standard InChI is InChI=1S/C24H25Cl2N7O/c1-14-19(33-10-8-32(2)9-11-33)7-6-18(21(14)26)30-24-28-13-16(25)22(31-24)29-17-5-3-4-15-12-27-23(34)20(15)17/h3-7,13H,8-12H2,1-2H3,(H,27,34)(H2,28,29,30,31). The molecule has 0 radical (unpaired) electrons. The number of amides is 1. The van der Waals surface area contributed by atoms with E-state index < -0.39 is 0 Å². The van der Waals surface area contributed by atoms with Crippen molar-refractivity contribution >= 4 is 57.9 Å². The number of hydrogen-bond donors (Lipinski definition) is 3. The van der Waals surface area contributed by atoms with E-state index in [1.54, 1.807) is 0 Å². The number of halogens is 2. The van der Waals surface area contributed by atoms with Crippen LogP contribution in [0, 0.1) is 6.92 Å². The highest BCUT2D eigenvalue weighted by atomic mass is 35.5. The number of piperazine rings is 1. The van der Waals surface area contributed by atoms with Gasteiger partial charge in [-0.2, -0.15) is 4.98 Å². The van der Waals surface area contributed by atoms with Crippen LogP contribution in [0.15, 0.2) is 36.5 Å². The molecule has 1 amide bonds. The Labute approximate surface area is 208 Å². The highest BCUT2D eigenvalue weighted by molar-refractivity contribution is 6.34. The van der Waals surface area contributed by atoms with E-state index in [0.29, 0.717) is 45.3 Å². The van der Waals surface area contributed by atoms with Crippen LogP contribution >= 0.6 is 23.2 Å². The minimum Gasteiger partial charge on any atom is -0.369 e. The zero-order valence-corrected chi connectivity index (χ0v) is 20.5. The molecule has 2 aliphatic rings. The predicted molar refractivity (Wildman–Crippen MR) is 137 cm³/mol. The maximum Gasteiger partial charge on any atom is 0.254 e. The first-order chi connectivity index (χ1) is 16.4. The number of carbonyl (C=O) groups is 1. The summed E-state index contributed by atoms with van der Waals surface area (Å²) in [5, 5.41) is 10.2. The van der Waals surface area contributed by atoms with Crippen molar-refractivity contribution in [3.63, 3.8) is 0 Å². The van der Waals surface area contributed by atoms with Crippen molar-refractivity contribution in [3.8, 4) is 0 Å². The molecule has 8 nitrogen and oxygen atoms in total. The van der Waals surface area contributed by atoms with Crippen molar-refractivity contribution < 1.29 is 4.79 Å². The smallest absolute Gasteiger partial charge is 0.254 e. The fourth-order valence-electron chi connectivity index (χ4n) is 4.31. The maximum absolute atomic E-state index is 12.2. The van der Waals surface area contributed by atoms with E-state index in [1.807, 2.05) is 31.2 Å². The van der Waals surface area contributed by atoms with Crippen LogP contribution in [0.2, 0.25) is 10.0 Å². The summed E-state index contributed by atoms with van der Waals surface area (Å²) < 4.78 is 0. The maximum atomic E-state index is 12.2.